The van der Waals surface area contributed by atoms with Crippen molar-refractivity contribution in [1.29, 1.82) is 0 Å². The third-order valence-electron chi connectivity index (χ3n) is 4.54. The number of hydrogen-bond donors (Lipinski definition) is 5. The van der Waals surface area contributed by atoms with E-state index in [0.717, 1.165) is 5.56 Å². The second-order valence-electron chi connectivity index (χ2n) is 7.93. The van der Waals surface area contributed by atoms with Gasteiger partial charge in [-0.15, -0.1) is 0 Å². The number of rotatable bonds is 14. The van der Waals surface area contributed by atoms with Crippen LogP contribution in [0.2, 0.25) is 0 Å². The first-order valence-corrected chi connectivity index (χ1v) is 10.5. The highest BCUT2D eigenvalue weighted by atomic mass is 16.4. The van der Waals surface area contributed by atoms with Crippen LogP contribution in [0.15, 0.2) is 30.3 Å². The van der Waals surface area contributed by atoms with Crippen molar-refractivity contribution in [3.63, 3.8) is 0 Å². The second-order valence-corrected chi connectivity index (χ2v) is 7.93. The Balaban J connectivity index is 2.71. The molecule has 0 spiro atoms. The number of nitrogens with two attached hydrogens (primary N) is 1. The van der Waals surface area contributed by atoms with E-state index in [1.165, 1.54) is 0 Å². The Kier molecular flexibility index (Phi) is 11.5. The highest BCUT2D eigenvalue weighted by Crippen LogP contribution is 2.06. The summed E-state index contributed by atoms with van der Waals surface area (Å²) in [7, 11) is 0. The van der Waals surface area contributed by atoms with Gasteiger partial charge in [0, 0.05) is 19.3 Å². The third-order valence-corrected chi connectivity index (χ3v) is 4.54. The van der Waals surface area contributed by atoms with E-state index >= 15 is 0 Å². The molecule has 6 N–H and O–H groups in total. The van der Waals surface area contributed by atoms with Crippen molar-refractivity contribution in [2.75, 3.05) is 6.54 Å². The molecule has 1 aromatic carbocycles. The molecule has 4 amide bonds. The number of carboxylic acid groups (broad SMARTS) is 1. The van der Waals surface area contributed by atoms with Crippen LogP contribution in [0.5, 0.6) is 0 Å². The van der Waals surface area contributed by atoms with Gasteiger partial charge in [0.05, 0.1) is 6.54 Å². The van der Waals surface area contributed by atoms with Gasteiger partial charge in [0.25, 0.3) is 0 Å². The lowest BCUT2D eigenvalue weighted by atomic mass is 10.0. The molecule has 2 atom stereocenters. The predicted molar refractivity (Wildman–Crippen MR) is 117 cm³/mol. The van der Waals surface area contributed by atoms with E-state index < -0.39 is 41.7 Å². The van der Waals surface area contributed by atoms with Gasteiger partial charge in [0.1, 0.15) is 12.1 Å². The van der Waals surface area contributed by atoms with Crippen LogP contribution in [0.4, 0.5) is 0 Å². The zero-order chi connectivity index (χ0) is 24.1. The maximum atomic E-state index is 12.7. The first-order chi connectivity index (χ1) is 15.1. The fourth-order valence-corrected chi connectivity index (χ4v) is 2.98. The average Bonchev–Trinajstić information content (AvgIpc) is 2.71. The number of primary amides is 1. The van der Waals surface area contributed by atoms with Gasteiger partial charge in [0.15, 0.2) is 0 Å². The Morgan fingerprint density at radius 3 is 2.12 bits per heavy atom. The molecule has 1 aromatic rings. The predicted octanol–water partition coefficient (Wildman–Crippen LogP) is 0.101. The summed E-state index contributed by atoms with van der Waals surface area (Å²) in [6, 6.07) is 7.22. The molecule has 0 fully saturated rings. The van der Waals surface area contributed by atoms with Crippen molar-refractivity contribution < 1.29 is 29.1 Å². The monoisotopic (exact) mass is 448 g/mol. The molecule has 32 heavy (non-hydrogen) atoms. The molecule has 0 heterocycles. The van der Waals surface area contributed by atoms with E-state index in [1.54, 1.807) is 24.3 Å². The second kappa shape index (κ2) is 13.8. The van der Waals surface area contributed by atoms with Crippen LogP contribution in [0, 0.1) is 5.92 Å². The van der Waals surface area contributed by atoms with Gasteiger partial charge < -0.3 is 26.8 Å². The SMILES string of the molecule is CC(C)C[C@H](NC(=O)CNC(=O)[C@H](Cc1ccccc1)NC(=O)CCCC(=O)O)C(N)=O. The van der Waals surface area contributed by atoms with Crippen molar-refractivity contribution in [1.82, 2.24) is 16.0 Å². The molecular formula is C22H32N4O6. The molecule has 0 radical (unpaired) electrons. The van der Waals surface area contributed by atoms with Crippen LogP contribution in [-0.2, 0) is 30.4 Å². The topological polar surface area (TPSA) is 168 Å². The Morgan fingerprint density at radius 1 is 0.938 bits per heavy atom. The largest absolute Gasteiger partial charge is 0.481 e. The molecule has 0 aromatic heterocycles. The van der Waals surface area contributed by atoms with Crippen LogP contribution in [0.3, 0.4) is 0 Å². The van der Waals surface area contributed by atoms with E-state index in [-0.39, 0.29) is 38.1 Å². The molecular weight excluding hydrogens is 416 g/mol. The molecule has 0 saturated carbocycles. The van der Waals surface area contributed by atoms with Crippen LogP contribution >= 0.6 is 0 Å². The minimum absolute atomic E-state index is 0.0408. The molecule has 10 heteroatoms. The number of carbonyl (C=O) groups excluding carboxylic acids is 4. The molecule has 1 rings (SSSR count). The number of amides is 4. The summed E-state index contributed by atoms with van der Waals surface area (Å²) in [5.41, 5.74) is 6.11. The summed E-state index contributed by atoms with van der Waals surface area (Å²) in [6.07, 6.45) is 0.517. The highest BCUT2D eigenvalue weighted by Gasteiger charge is 2.23. The molecule has 0 saturated heterocycles. The third kappa shape index (κ3) is 11.1. The molecule has 0 aliphatic rings. The Bertz CT molecular complexity index is 797. The van der Waals surface area contributed by atoms with E-state index in [1.807, 2.05) is 19.9 Å². The fourth-order valence-electron chi connectivity index (χ4n) is 2.98. The summed E-state index contributed by atoms with van der Waals surface area (Å²) in [5.74, 6) is -3.14. The van der Waals surface area contributed by atoms with Gasteiger partial charge in [-0.1, -0.05) is 44.2 Å². The lowest BCUT2D eigenvalue weighted by Gasteiger charge is -2.20. The molecule has 10 nitrogen and oxygen atoms in total. The van der Waals surface area contributed by atoms with Crippen LogP contribution < -0.4 is 21.7 Å². The van der Waals surface area contributed by atoms with Gasteiger partial charge in [0.2, 0.25) is 23.6 Å². The Morgan fingerprint density at radius 2 is 1.56 bits per heavy atom. The summed E-state index contributed by atoms with van der Waals surface area (Å²) >= 11 is 0. The smallest absolute Gasteiger partial charge is 0.303 e. The molecule has 0 aliphatic heterocycles. The van der Waals surface area contributed by atoms with E-state index in [4.69, 9.17) is 10.8 Å². The molecule has 0 bridgehead atoms. The van der Waals surface area contributed by atoms with Crippen LogP contribution in [0.25, 0.3) is 0 Å². The van der Waals surface area contributed by atoms with Gasteiger partial charge >= 0.3 is 5.97 Å². The lowest BCUT2D eigenvalue weighted by molar-refractivity contribution is -0.137. The fraction of sp³-hybridized carbons (Fsp3) is 0.500. The highest BCUT2D eigenvalue weighted by molar-refractivity contribution is 5.92. The van der Waals surface area contributed by atoms with E-state index in [2.05, 4.69) is 16.0 Å². The Hall–Kier alpha value is -3.43. The van der Waals surface area contributed by atoms with Crippen molar-refractivity contribution >= 4 is 29.6 Å². The zero-order valence-electron chi connectivity index (χ0n) is 18.4. The normalized spacial score (nSPS) is 12.5. The van der Waals surface area contributed by atoms with Gasteiger partial charge in [-0.2, -0.15) is 0 Å². The first kappa shape index (κ1) is 26.6. The Labute approximate surface area is 187 Å². The number of benzene rings is 1. The number of hydrogen-bond acceptors (Lipinski definition) is 5. The quantitative estimate of drug-likeness (QED) is 0.270. The van der Waals surface area contributed by atoms with Crippen molar-refractivity contribution in [2.24, 2.45) is 11.7 Å². The summed E-state index contributed by atoms with van der Waals surface area (Å²) in [5, 5.41) is 16.3. The van der Waals surface area contributed by atoms with Gasteiger partial charge in [-0.05, 0) is 24.3 Å². The van der Waals surface area contributed by atoms with Crippen molar-refractivity contribution in [3.05, 3.63) is 35.9 Å². The number of aliphatic carboxylic acids is 1. The summed E-state index contributed by atoms with van der Waals surface area (Å²) in [4.78, 5) is 59.1. The minimum Gasteiger partial charge on any atom is -0.481 e. The summed E-state index contributed by atoms with van der Waals surface area (Å²) < 4.78 is 0. The summed E-state index contributed by atoms with van der Waals surface area (Å²) in [6.45, 7) is 3.38. The van der Waals surface area contributed by atoms with Crippen LogP contribution in [0.1, 0.15) is 45.1 Å². The van der Waals surface area contributed by atoms with E-state index in [0.29, 0.717) is 6.42 Å². The lowest BCUT2D eigenvalue weighted by Crippen LogP contribution is -2.52. The van der Waals surface area contributed by atoms with Crippen molar-refractivity contribution in [2.45, 2.75) is 58.0 Å². The molecule has 176 valence electrons. The van der Waals surface area contributed by atoms with Crippen molar-refractivity contribution in [3.8, 4) is 0 Å². The zero-order valence-corrected chi connectivity index (χ0v) is 18.4. The number of carbonyl (C=O) groups is 5. The van der Waals surface area contributed by atoms with Gasteiger partial charge in [-0.25, -0.2) is 0 Å². The molecule has 0 unspecified atom stereocenters. The first-order valence-electron chi connectivity index (χ1n) is 10.5. The maximum absolute atomic E-state index is 12.7. The number of carboxylic acids is 1. The van der Waals surface area contributed by atoms with E-state index in [9.17, 15) is 24.0 Å². The minimum atomic E-state index is -1.01. The van der Waals surface area contributed by atoms with Crippen LogP contribution in [-0.4, -0.2) is 53.3 Å². The standard InChI is InChI=1S/C22H32N4O6/c1-14(2)11-16(21(23)31)25-19(28)13-24-22(32)17(12-15-7-4-3-5-8-15)26-18(27)9-6-10-20(29)30/h3-5,7-8,14,16-17H,6,9-13H2,1-2H3,(H2,23,31)(H,24,32)(H,25,28)(H,26,27)(H,29,30)/t16-,17-/m0/s1. The molecule has 0 aliphatic carbocycles. The number of nitrogens with one attached hydrogen (secondary N) is 3. The van der Waals surface area contributed by atoms with Gasteiger partial charge in [-0.3, -0.25) is 24.0 Å². The maximum Gasteiger partial charge on any atom is 0.303 e. The average molecular weight is 449 g/mol.